The van der Waals surface area contributed by atoms with Crippen LogP contribution in [0, 0.1) is 11.8 Å². The summed E-state index contributed by atoms with van der Waals surface area (Å²) in [4.78, 5) is 3.93. The van der Waals surface area contributed by atoms with Crippen LogP contribution < -0.4 is 0 Å². The van der Waals surface area contributed by atoms with Gasteiger partial charge in [-0.05, 0) is 25.2 Å². The molecule has 14 heavy (non-hydrogen) atoms. The molecular weight excluding hydrogens is 180 g/mol. The van der Waals surface area contributed by atoms with Crippen molar-refractivity contribution in [3.05, 3.63) is 12.7 Å². The van der Waals surface area contributed by atoms with Crippen LogP contribution in [-0.4, -0.2) is 25.7 Å². The van der Waals surface area contributed by atoms with Crippen LogP contribution in [0.3, 0.4) is 0 Å². The van der Waals surface area contributed by atoms with Gasteiger partial charge in [-0.25, -0.2) is 9.67 Å². The van der Waals surface area contributed by atoms with Gasteiger partial charge in [-0.3, -0.25) is 0 Å². The monoisotopic (exact) mass is 192 g/mol. The minimum atomic E-state index is 0.154. The minimum absolute atomic E-state index is 0.154. The van der Waals surface area contributed by atoms with Gasteiger partial charge in [0.2, 0.25) is 0 Å². The lowest BCUT2D eigenvalue weighted by Gasteiger charge is -2.22. The van der Waals surface area contributed by atoms with Gasteiger partial charge in [0.05, 0.1) is 11.8 Å². The normalized spacial score (nSPS) is 38.3. The zero-order valence-corrected chi connectivity index (χ0v) is 7.74. The van der Waals surface area contributed by atoms with Crippen molar-refractivity contribution in [1.82, 2.24) is 14.8 Å². The minimum Gasteiger partial charge on any atom is -0.411 e. The summed E-state index contributed by atoms with van der Waals surface area (Å²) in [5, 5.41) is 16.5. The Morgan fingerprint density at radius 2 is 2.43 bits per heavy atom. The quantitative estimate of drug-likeness (QED) is 0.535. The van der Waals surface area contributed by atoms with E-state index in [0.29, 0.717) is 11.8 Å². The largest absolute Gasteiger partial charge is 0.411 e. The maximum absolute atomic E-state index is 8.98. The first-order chi connectivity index (χ1) is 6.90. The van der Waals surface area contributed by atoms with Crippen LogP contribution in [0.2, 0.25) is 0 Å². The molecule has 0 saturated heterocycles. The summed E-state index contributed by atoms with van der Waals surface area (Å²) in [5.41, 5.74) is 0.895. The fourth-order valence-electron chi connectivity index (χ4n) is 2.91. The maximum Gasteiger partial charge on any atom is 0.137 e. The Hall–Kier alpha value is -1.39. The lowest BCUT2D eigenvalue weighted by molar-refractivity contribution is 0.304. The molecule has 0 spiro atoms. The first-order valence-electron chi connectivity index (χ1n) is 4.96. The highest BCUT2D eigenvalue weighted by Crippen LogP contribution is 2.48. The van der Waals surface area contributed by atoms with Crippen LogP contribution in [0.4, 0.5) is 0 Å². The van der Waals surface area contributed by atoms with E-state index in [1.807, 2.05) is 4.68 Å². The molecule has 0 amide bonds. The van der Waals surface area contributed by atoms with Crippen LogP contribution in [0.1, 0.15) is 25.3 Å². The number of hydrogen-bond donors (Lipinski definition) is 1. The predicted molar refractivity (Wildman–Crippen MR) is 49.1 cm³/mol. The first-order valence-corrected chi connectivity index (χ1v) is 4.96. The molecule has 2 aliphatic carbocycles. The molecule has 3 rings (SSSR count). The molecule has 3 unspecified atom stereocenters. The molecule has 0 aromatic carbocycles. The summed E-state index contributed by atoms with van der Waals surface area (Å²) in [6.07, 6.45) is 6.75. The molecule has 2 bridgehead atoms. The molecule has 0 radical (unpaired) electrons. The van der Waals surface area contributed by atoms with Gasteiger partial charge < -0.3 is 5.21 Å². The van der Waals surface area contributed by atoms with E-state index in [1.54, 1.807) is 6.33 Å². The van der Waals surface area contributed by atoms with Gasteiger partial charge in [-0.15, -0.1) is 0 Å². The summed E-state index contributed by atoms with van der Waals surface area (Å²) >= 11 is 0. The predicted octanol–water partition coefficient (Wildman–Crippen LogP) is 1.08. The molecule has 0 aliphatic heterocycles. The van der Waals surface area contributed by atoms with E-state index in [0.717, 1.165) is 18.6 Å². The van der Waals surface area contributed by atoms with E-state index in [-0.39, 0.29) is 6.04 Å². The highest BCUT2D eigenvalue weighted by Gasteiger charge is 2.46. The standard InChI is InChI=1S/C9H12N4O/c14-12-8-6-1-2-7(3-6)9(8)13-5-10-4-11-13/h4-7,9,14H,1-3H2. The van der Waals surface area contributed by atoms with Crippen molar-refractivity contribution in [3.63, 3.8) is 0 Å². The van der Waals surface area contributed by atoms with E-state index >= 15 is 0 Å². The lowest BCUT2D eigenvalue weighted by atomic mass is 9.93. The molecule has 2 fully saturated rings. The third kappa shape index (κ3) is 0.921. The molecule has 2 saturated carbocycles. The van der Waals surface area contributed by atoms with Gasteiger partial charge in [0.1, 0.15) is 12.7 Å². The van der Waals surface area contributed by atoms with E-state index in [9.17, 15) is 0 Å². The Morgan fingerprint density at radius 1 is 1.50 bits per heavy atom. The van der Waals surface area contributed by atoms with Gasteiger partial charge in [0.25, 0.3) is 0 Å². The average Bonchev–Trinajstić information content (AvgIpc) is 2.92. The van der Waals surface area contributed by atoms with Crippen LogP contribution in [-0.2, 0) is 0 Å². The van der Waals surface area contributed by atoms with E-state index < -0.39 is 0 Å². The highest BCUT2D eigenvalue weighted by molar-refractivity contribution is 5.93. The van der Waals surface area contributed by atoms with Gasteiger partial charge in [0, 0.05) is 5.92 Å². The molecule has 1 N–H and O–H groups in total. The topological polar surface area (TPSA) is 63.3 Å². The third-order valence-electron chi connectivity index (χ3n) is 3.48. The van der Waals surface area contributed by atoms with Crippen molar-refractivity contribution >= 4 is 5.71 Å². The Bertz CT molecular complexity index is 359. The number of rotatable bonds is 1. The average molecular weight is 192 g/mol. The van der Waals surface area contributed by atoms with Crippen LogP contribution in [0.25, 0.3) is 0 Å². The number of nitrogens with zero attached hydrogens (tertiary/aromatic N) is 4. The highest BCUT2D eigenvalue weighted by atomic mass is 16.4. The van der Waals surface area contributed by atoms with Gasteiger partial charge in [0.15, 0.2) is 0 Å². The zero-order chi connectivity index (χ0) is 9.54. The van der Waals surface area contributed by atoms with E-state index in [2.05, 4.69) is 15.2 Å². The molecule has 2 aliphatic rings. The van der Waals surface area contributed by atoms with Crippen molar-refractivity contribution in [1.29, 1.82) is 0 Å². The third-order valence-corrected chi connectivity index (χ3v) is 3.48. The molecule has 1 heterocycles. The summed E-state index contributed by atoms with van der Waals surface area (Å²) in [6, 6.07) is 0.154. The van der Waals surface area contributed by atoms with Crippen LogP contribution in [0.5, 0.6) is 0 Å². The fourth-order valence-corrected chi connectivity index (χ4v) is 2.91. The Labute approximate surface area is 81.4 Å². The summed E-state index contributed by atoms with van der Waals surface area (Å²) < 4.78 is 1.82. The van der Waals surface area contributed by atoms with Crippen molar-refractivity contribution in [2.24, 2.45) is 17.0 Å². The summed E-state index contributed by atoms with van der Waals surface area (Å²) in [5.74, 6) is 1.06. The fraction of sp³-hybridized carbons (Fsp3) is 0.667. The SMILES string of the molecule is ON=C1C2CCC(C2)C1n1cncn1. The second-order valence-corrected chi connectivity index (χ2v) is 4.12. The maximum atomic E-state index is 8.98. The molecule has 74 valence electrons. The number of oxime groups is 1. The molecule has 3 atom stereocenters. The van der Waals surface area contributed by atoms with Crippen molar-refractivity contribution < 1.29 is 5.21 Å². The number of hydrogen-bond acceptors (Lipinski definition) is 4. The Kier molecular flexibility index (Phi) is 1.59. The number of fused-ring (bicyclic) bond motifs is 2. The summed E-state index contributed by atoms with van der Waals surface area (Å²) in [7, 11) is 0. The zero-order valence-electron chi connectivity index (χ0n) is 7.74. The molecule has 5 nitrogen and oxygen atoms in total. The van der Waals surface area contributed by atoms with E-state index in [1.165, 1.54) is 12.7 Å². The van der Waals surface area contributed by atoms with Crippen molar-refractivity contribution in [3.8, 4) is 0 Å². The Morgan fingerprint density at radius 3 is 3.14 bits per heavy atom. The van der Waals surface area contributed by atoms with Crippen molar-refractivity contribution in [2.75, 3.05) is 0 Å². The lowest BCUT2D eigenvalue weighted by Crippen LogP contribution is -2.26. The van der Waals surface area contributed by atoms with Gasteiger partial charge >= 0.3 is 0 Å². The van der Waals surface area contributed by atoms with Crippen LogP contribution >= 0.6 is 0 Å². The van der Waals surface area contributed by atoms with Gasteiger partial charge in [-0.1, -0.05) is 5.16 Å². The Balaban J connectivity index is 2.00. The summed E-state index contributed by atoms with van der Waals surface area (Å²) in [6.45, 7) is 0. The second kappa shape index (κ2) is 2.80. The first kappa shape index (κ1) is 7.96. The van der Waals surface area contributed by atoms with E-state index in [4.69, 9.17) is 5.21 Å². The molecule has 1 aromatic heterocycles. The molecule has 1 aromatic rings. The molecular formula is C9H12N4O. The molecule has 5 heteroatoms. The second-order valence-electron chi connectivity index (χ2n) is 4.12. The number of aromatic nitrogens is 3. The van der Waals surface area contributed by atoms with Gasteiger partial charge in [-0.2, -0.15) is 5.10 Å². The smallest absolute Gasteiger partial charge is 0.137 e. The van der Waals surface area contributed by atoms with Crippen molar-refractivity contribution in [2.45, 2.75) is 25.3 Å². The van der Waals surface area contributed by atoms with Crippen LogP contribution in [0.15, 0.2) is 17.8 Å².